The number of amides is 1. The van der Waals surface area contributed by atoms with Crippen LogP contribution in [-0.4, -0.2) is 56.9 Å². The largest absolute Gasteiger partial charge is 0.383 e. The molecule has 2 aromatic rings. The van der Waals surface area contributed by atoms with Crippen molar-refractivity contribution in [1.82, 2.24) is 9.21 Å². The third-order valence-electron chi connectivity index (χ3n) is 5.19. The van der Waals surface area contributed by atoms with Crippen LogP contribution in [0.4, 0.5) is 0 Å². The Balaban J connectivity index is 1.90. The maximum atomic E-state index is 13.4. The van der Waals surface area contributed by atoms with Crippen molar-refractivity contribution in [2.75, 3.05) is 33.4 Å². The van der Waals surface area contributed by atoms with E-state index in [2.05, 4.69) is 15.9 Å². The fraction of sp³-hybridized carbons (Fsp3) is 0.409. The van der Waals surface area contributed by atoms with Crippen LogP contribution in [0.1, 0.15) is 35.2 Å². The molecule has 0 radical (unpaired) electrons. The van der Waals surface area contributed by atoms with E-state index >= 15 is 0 Å². The molecule has 1 saturated heterocycles. The summed E-state index contributed by atoms with van der Waals surface area (Å²) in [7, 11) is -2.03. The number of sulfonamides is 1. The Hall–Kier alpha value is -1.74. The first kappa shape index (κ1) is 22.9. The minimum absolute atomic E-state index is 0.155. The molecule has 0 unspecified atom stereocenters. The smallest absolute Gasteiger partial charge is 0.255 e. The number of halogens is 1. The quantitative estimate of drug-likeness (QED) is 0.557. The van der Waals surface area contributed by atoms with Gasteiger partial charge in [0.05, 0.1) is 17.1 Å². The predicted molar refractivity (Wildman–Crippen MR) is 120 cm³/mol. The van der Waals surface area contributed by atoms with E-state index in [4.69, 9.17) is 4.74 Å². The van der Waals surface area contributed by atoms with Crippen molar-refractivity contribution >= 4 is 31.9 Å². The van der Waals surface area contributed by atoms with Gasteiger partial charge in [0, 0.05) is 37.8 Å². The van der Waals surface area contributed by atoms with E-state index in [9.17, 15) is 13.2 Å². The molecule has 0 atom stereocenters. The molecule has 1 amide bonds. The predicted octanol–water partition coefficient (Wildman–Crippen LogP) is 3.91. The molecular weight excluding hydrogens is 468 g/mol. The second-order valence-electron chi connectivity index (χ2n) is 7.31. The molecule has 0 N–H and O–H groups in total. The second kappa shape index (κ2) is 10.5. The Kier molecular flexibility index (Phi) is 8.05. The number of hydrogen-bond donors (Lipinski definition) is 0. The lowest BCUT2D eigenvalue weighted by Crippen LogP contribution is -2.36. The molecule has 0 aromatic heterocycles. The summed E-state index contributed by atoms with van der Waals surface area (Å²) in [4.78, 5) is 15.2. The van der Waals surface area contributed by atoms with E-state index in [0.29, 0.717) is 42.8 Å². The Morgan fingerprint density at radius 2 is 1.80 bits per heavy atom. The van der Waals surface area contributed by atoms with Crippen LogP contribution in [0, 0.1) is 0 Å². The summed E-state index contributed by atoms with van der Waals surface area (Å²) < 4.78 is 33.4. The van der Waals surface area contributed by atoms with Crippen molar-refractivity contribution in [3.05, 3.63) is 64.1 Å². The topological polar surface area (TPSA) is 66.9 Å². The fourth-order valence-corrected chi connectivity index (χ4v) is 5.47. The second-order valence-corrected chi connectivity index (χ2v) is 10.1. The SMILES string of the molecule is COCCN(Cc1ccccc1)C(=O)c1cc(S(=O)(=O)N2CCCCC2)ccc1Br. The highest BCUT2D eigenvalue weighted by Gasteiger charge is 2.28. The van der Waals surface area contributed by atoms with E-state index < -0.39 is 10.0 Å². The van der Waals surface area contributed by atoms with Crippen molar-refractivity contribution in [1.29, 1.82) is 0 Å². The summed E-state index contributed by atoms with van der Waals surface area (Å²) in [5.74, 6) is -0.238. The molecule has 2 aromatic carbocycles. The van der Waals surface area contributed by atoms with Gasteiger partial charge in [-0.1, -0.05) is 36.8 Å². The molecule has 0 saturated carbocycles. The van der Waals surface area contributed by atoms with Crippen molar-refractivity contribution in [2.24, 2.45) is 0 Å². The van der Waals surface area contributed by atoms with Crippen LogP contribution < -0.4 is 0 Å². The molecule has 30 heavy (non-hydrogen) atoms. The van der Waals surface area contributed by atoms with Gasteiger partial charge in [-0.25, -0.2) is 8.42 Å². The summed E-state index contributed by atoms with van der Waals surface area (Å²) in [6, 6.07) is 14.4. The number of carbonyl (C=O) groups is 1. The van der Waals surface area contributed by atoms with Gasteiger partial charge < -0.3 is 9.64 Å². The monoisotopic (exact) mass is 494 g/mol. The third-order valence-corrected chi connectivity index (χ3v) is 7.78. The van der Waals surface area contributed by atoms with Crippen molar-refractivity contribution in [3.8, 4) is 0 Å². The maximum absolute atomic E-state index is 13.4. The van der Waals surface area contributed by atoms with Crippen LogP contribution in [0.15, 0.2) is 57.9 Å². The van der Waals surface area contributed by atoms with Crippen LogP contribution in [0.2, 0.25) is 0 Å². The van der Waals surface area contributed by atoms with Crippen LogP contribution in [0.25, 0.3) is 0 Å². The first-order chi connectivity index (χ1) is 14.4. The molecule has 3 rings (SSSR count). The van der Waals surface area contributed by atoms with E-state index in [1.54, 1.807) is 24.1 Å². The van der Waals surface area contributed by atoms with Gasteiger partial charge in [-0.2, -0.15) is 4.31 Å². The van der Waals surface area contributed by atoms with Gasteiger partial charge in [-0.05, 0) is 52.5 Å². The number of hydrogen-bond acceptors (Lipinski definition) is 4. The van der Waals surface area contributed by atoms with Crippen LogP contribution in [0.5, 0.6) is 0 Å². The average molecular weight is 495 g/mol. The summed E-state index contributed by atoms with van der Waals surface area (Å²) in [5, 5.41) is 0. The maximum Gasteiger partial charge on any atom is 0.255 e. The average Bonchev–Trinajstić information content (AvgIpc) is 2.77. The molecular formula is C22H27BrN2O4S. The number of nitrogens with zero attached hydrogens (tertiary/aromatic N) is 2. The number of carbonyl (C=O) groups excluding carboxylic acids is 1. The molecule has 1 fully saturated rings. The van der Waals surface area contributed by atoms with Crippen LogP contribution in [0.3, 0.4) is 0 Å². The third kappa shape index (κ3) is 5.49. The lowest BCUT2D eigenvalue weighted by molar-refractivity contribution is 0.0679. The lowest BCUT2D eigenvalue weighted by atomic mass is 10.1. The van der Waals surface area contributed by atoms with E-state index in [0.717, 1.165) is 24.8 Å². The minimum Gasteiger partial charge on any atom is -0.383 e. The number of ether oxygens (including phenoxy) is 1. The zero-order valence-electron chi connectivity index (χ0n) is 17.1. The van der Waals surface area contributed by atoms with Crippen molar-refractivity contribution in [2.45, 2.75) is 30.7 Å². The van der Waals surface area contributed by atoms with Crippen molar-refractivity contribution < 1.29 is 17.9 Å². The van der Waals surface area contributed by atoms with Crippen molar-refractivity contribution in [3.63, 3.8) is 0 Å². The highest BCUT2D eigenvalue weighted by Crippen LogP contribution is 2.26. The summed E-state index contributed by atoms with van der Waals surface area (Å²) in [5.41, 5.74) is 1.33. The number of methoxy groups -OCH3 is 1. The Morgan fingerprint density at radius 1 is 1.10 bits per heavy atom. The Bertz CT molecular complexity index is 960. The van der Waals surface area contributed by atoms with Gasteiger partial charge in [-0.3, -0.25) is 4.79 Å². The lowest BCUT2D eigenvalue weighted by Gasteiger charge is -2.27. The molecule has 8 heteroatoms. The number of rotatable bonds is 8. The highest BCUT2D eigenvalue weighted by atomic mass is 79.9. The number of benzene rings is 2. The van der Waals surface area contributed by atoms with E-state index in [-0.39, 0.29) is 10.8 Å². The molecule has 162 valence electrons. The standard InChI is InChI=1S/C22H27BrN2O4S/c1-29-15-14-24(17-18-8-4-2-5-9-18)22(26)20-16-19(10-11-21(20)23)30(27,28)25-12-6-3-7-13-25/h2,4-5,8-11,16H,3,6-7,12-15,17H2,1H3. The Labute approximate surface area is 187 Å². The zero-order valence-corrected chi connectivity index (χ0v) is 19.5. The van der Waals surface area contributed by atoms with Gasteiger partial charge in [0.1, 0.15) is 0 Å². The molecule has 1 aliphatic rings. The fourth-order valence-electron chi connectivity index (χ4n) is 3.51. The minimum atomic E-state index is -3.62. The van der Waals surface area contributed by atoms with Gasteiger partial charge >= 0.3 is 0 Å². The molecule has 1 heterocycles. The van der Waals surface area contributed by atoms with Crippen LogP contribution >= 0.6 is 15.9 Å². The molecule has 0 spiro atoms. The Morgan fingerprint density at radius 3 is 2.47 bits per heavy atom. The van der Waals surface area contributed by atoms with Gasteiger partial charge in [0.25, 0.3) is 5.91 Å². The summed E-state index contributed by atoms with van der Waals surface area (Å²) >= 11 is 3.43. The van der Waals surface area contributed by atoms with Crippen LogP contribution in [-0.2, 0) is 21.3 Å². The van der Waals surface area contributed by atoms with Gasteiger partial charge in [0.15, 0.2) is 0 Å². The molecule has 6 nitrogen and oxygen atoms in total. The molecule has 0 bridgehead atoms. The highest BCUT2D eigenvalue weighted by molar-refractivity contribution is 9.10. The first-order valence-corrected chi connectivity index (χ1v) is 12.3. The normalized spacial score (nSPS) is 15.1. The molecule has 1 aliphatic heterocycles. The van der Waals surface area contributed by atoms with E-state index in [1.165, 1.54) is 10.4 Å². The van der Waals surface area contributed by atoms with Gasteiger partial charge in [-0.15, -0.1) is 0 Å². The summed E-state index contributed by atoms with van der Waals surface area (Å²) in [6.07, 6.45) is 2.77. The first-order valence-electron chi connectivity index (χ1n) is 10.1. The number of piperidine rings is 1. The zero-order chi connectivity index (χ0) is 21.6. The van der Waals surface area contributed by atoms with E-state index in [1.807, 2.05) is 30.3 Å². The summed E-state index contributed by atoms with van der Waals surface area (Å²) in [6.45, 7) is 2.26. The molecule has 0 aliphatic carbocycles. The van der Waals surface area contributed by atoms with Gasteiger partial charge in [0.2, 0.25) is 10.0 Å².